The molecule has 108 valence electrons. The van der Waals surface area contributed by atoms with E-state index in [1.54, 1.807) is 0 Å². The average Bonchev–Trinajstić information content (AvgIpc) is 2.99. The lowest BCUT2D eigenvalue weighted by molar-refractivity contribution is -0.154. The lowest BCUT2D eigenvalue weighted by Crippen LogP contribution is -2.56. The van der Waals surface area contributed by atoms with E-state index in [-0.39, 0.29) is 5.92 Å². The van der Waals surface area contributed by atoms with Crippen molar-refractivity contribution in [2.45, 2.75) is 70.4 Å². The number of fused-ring (bicyclic) bond motifs is 1. The number of carbonyl (C=O) groups excluding carboxylic acids is 1. The summed E-state index contributed by atoms with van der Waals surface area (Å²) in [6.07, 6.45) is 10.3. The minimum atomic E-state index is 0.225. The molecule has 1 aliphatic heterocycles. The van der Waals surface area contributed by atoms with Crippen LogP contribution >= 0.6 is 0 Å². The molecule has 0 aromatic heterocycles. The molecule has 1 saturated heterocycles. The van der Waals surface area contributed by atoms with E-state index in [9.17, 15) is 4.79 Å². The molecule has 3 nitrogen and oxygen atoms in total. The fourth-order valence-electron chi connectivity index (χ4n) is 4.29. The molecule has 3 fully saturated rings. The number of amides is 1. The maximum absolute atomic E-state index is 12.8. The molecule has 0 spiro atoms. The van der Waals surface area contributed by atoms with Crippen molar-refractivity contribution >= 4 is 5.91 Å². The summed E-state index contributed by atoms with van der Waals surface area (Å²) in [7, 11) is 0. The highest BCUT2D eigenvalue weighted by Gasteiger charge is 2.39. The van der Waals surface area contributed by atoms with Gasteiger partial charge in [0, 0.05) is 12.5 Å². The first kappa shape index (κ1) is 13.4. The predicted molar refractivity (Wildman–Crippen MR) is 74.8 cm³/mol. The van der Waals surface area contributed by atoms with Crippen molar-refractivity contribution in [2.75, 3.05) is 13.2 Å². The normalized spacial score (nSPS) is 34.1. The Morgan fingerprint density at radius 3 is 2.58 bits per heavy atom. The summed E-state index contributed by atoms with van der Waals surface area (Å²) >= 11 is 0. The monoisotopic (exact) mass is 265 g/mol. The molecule has 19 heavy (non-hydrogen) atoms. The molecule has 0 radical (unpaired) electrons. The predicted octanol–water partition coefficient (Wildman–Crippen LogP) is 2.98. The second kappa shape index (κ2) is 5.82. The van der Waals surface area contributed by atoms with Crippen molar-refractivity contribution in [1.29, 1.82) is 0 Å². The van der Waals surface area contributed by atoms with Crippen LogP contribution in [-0.4, -0.2) is 36.1 Å². The smallest absolute Gasteiger partial charge is 0.226 e. The molecule has 3 rings (SSSR count). The molecule has 3 heteroatoms. The summed E-state index contributed by atoms with van der Waals surface area (Å²) in [5.41, 5.74) is 0. The van der Waals surface area contributed by atoms with E-state index in [4.69, 9.17) is 4.74 Å². The summed E-state index contributed by atoms with van der Waals surface area (Å²) in [6, 6.07) is 0.374. The molecule has 0 aromatic rings. The Kier molecular flexibility index (Phi) is 4.11. The van der Waals surface area contributed by atoms with Crippen molar-refractivity contribution < 1.29 is 9.53 Å². The minimum Gasteiger partial charge on any atom is -0.374 e. The van der Waals surface area contributed by atoms with Crippen LogP contribution in [0, 0.1) is 11.8 Å². The van der Waals surface area contributed by atoms with Crippen molar-refractivity contribution in [1.82, 2.24) is 4.90 Å². The van der Waals surface area contributed by atoms with Gasteiger partial charge in [0.25, 0.3) is 0 Å². The fraction of sp³-hybridized carbons (Fsp3) is 0.938. The Hall–Kier alpha value is -0.570. The fourth-order valence-corrected chi connectivity index (χ4v) is 4.29. The number of ether oxygens (including phenoxy) is 1. The van der Waals surface area contributed by atoms with Crippen LogP contribution in [0.25, 0.3) is 0 Å². The van der Waals surface area contributed by atoms with Crippen LogP contribution in [-0.2, 0) is 9.53 Å². The van der Waals surface area contributed by atoms with Crippen LogP contribution in [0.3, 0.4) is 0 Å². The van der Waals surface area contributed by atoms with Crippen LogP contribution in [0.4, 0.5) is 0 Å². The third-order valence-corrected chi connectivity index (χ3v) is 5.51. The second-order valence-electron chi connectivity index (χ2n) is 6.63. The molecule has 3 atom stereocenters. The molecule has 1 amide bonds. The van der Waals surface area contributed by atoms with E-state index in [0.717, 1.165) is 26.0 Å². The Balaban J connectivity index is 1.67. The lowest BCUT2D eigenvalue weighted by Gasteiger charge is -2.45. The minimum absolute atomic E-state index is 0.225. The summed E-state index contributed by atoms with van der Waals surface area (Å²) in [5, 5.41) is 0. The van der Waals surface area contributed by atoms with E-state index in [1.807, 2.05) is 0 Å². The molecular formula is C16H27NO2. The zero-order valence-electron chi connectivity index (χ0n) is 12.1. The number of hydrogen-bond donors (Lipinski definition) is 0. The third-order valence-electron chi connectivity index (χ3n) is 5.51. The second-order valence-corrected chi connectivity index (χ2v) is 6.63. The molecule has 3 aliphatic rings. The Morgan fingerprint density at radius 1 is 1.11 bits per heavy atom. The Morgan fingerprint density at radius 2 is 1.79 bits per heavy atom. The van der Waals surface area contributed by atoms with Crippen LogP contribution in [0.15, 0.2) is 0 Å². The van der Waals surface area contributed by atoms with Crippen LogP contribution in [0.2, 0.25) is 0 Å². The van der Waals surface area contributed by atoms with E-state index < -0.39 is 0 Å². The van der Waals surface area contributed by atoms with Gasteiger partial charge < -0.3 is 9.64 Å². The third kappa shape index (κ3) is 2.67. The van der Waals surface area contributed by atoms with Crippen LogP contribution in [0.5, 0.6) is 0 Å². The lowest BCUT2D eigenvalue weighted by atomic mass is 9.87. The van der Waals surface area contributed by atoms with Gasteiger partial charge in [-0.15, -0.1) is 0 Å². The molecular weight excluding hydrogens is 238 g/mol. The maximum atomic E-state index is 12.8. The van der Waals surface area contributed by atoms with Crippen molar-refractivity contribution in [3.05, 3.63) is 0 Å². The molecule has 2 aliphatic carbocycles. The first-order valence-electron chi connectivity index (χ1n) is 8.19. The van der Waals surface area contributed by atoms with Crippen molar-refractivity contribution in [3.8, 4) is 0 Å². The maximum Gasteiger partial charge on any atom is 0.226 e. The number of hydrogen-bond acceptors (Lipinski definition) is 2. The van der Waals surface area contributed by atoms with Gasteiger partial charge in [-0.1, -0.05) is 32.6 Å². The van der Waals surface area contributed by atoms with Crippen LogP contribution < -0.4 is 0 Å². The van der Waals surface area contributed by atoms with E-state index in [2.05, 4.69) is 11.8 Å². The van der Waals surface area contributed by atoms with Gasteiger partial charge in [0.1, 0.15) is 0 Å². The SMILES string of the molecule is CC(C(=O)N1CCOC2CCCCC21)C1CCCC1. The molecule has 3 unspecified atom stereocenters. The number of carbonyl (C=O) groups is 1. The molecule has 0 bridgehead atoms. The largest absolute Gasteiger partial charge is 0.374 e. The highest BCUT2D eigenvalue weighted by atomic mass is 16.5. The molecule has 1 heterocycles. The topological polar surface area (TPSA) is 29.5 Å². The molecule has 0 aromatic carbocycles. The van der Waals surface area contributed by atoms with Gasteiger partial charge in [0.05, 0.1) is 18.8 Å². The van der Waals surface area contributed by atoms with Crippen LogP contribution in [0.1, 0.15) is 58.3 Å². The van der Waals surface area contributed by atoms with E-state index in [1.165, 1.54) is 38.5 Å². The van der Waals surface area contributed by atoms with Crippen molar-refractivity contribution in [2.24, 2.45) is 11.8 Å². The van der Waals surface area contributed by atoms with Gasteiger partial charge in [0.2, 0.25) is 5.91 Å². The summed E-state index contributed by atoms with van der Waals surface area (Å²) in [6.45, 7) is 3.72. The summed E-state index contributed by atoms with van der Waals surface area (Å²) < 4.78 is 5.87. The summed E-state index contributed by atoms with van der Waals surface area (Å²) in [5.74, 6) is 1.27. The van der Waals surface area contributed by atoms with Gasteiger partial charge in [-0.25, -0.2) is 0 Å². The first-order chi connectivity index (χ1) is 9.27. The standard InChI is InChI=1S/C16H27NO2/c1-12(13-6-2-3-7-13)16(18)17-10-11-19-15-9-5-4-8-14(15)17/h12-15H,2-11H2,1H3. The summed E-state index contributed by atoms with van der Waals surface area (Å²) in [4.78, 5) is 15.0. The van der Waals surface area contributed by atoms with E-state index in [0.29, 0.717) is 24.0 Å². The molecule has 0 N–H and O–H groups in total. The van der Waals surface area contributed by atoms with Gasteiger partial charge in [-0.3, -0.25) is 4.79 Å². The average molecular weight is 265 g/mol. The van der Waals surface area contributed by atoms with Gasteiger partial charge >= 0.3 is 0 Å². The first-order valence-corrected chi connectivity index (χ1v) is 8.19. The highest BCUT2D eigenvalue weighted by molar-refractivity contribution is 5.79. The Labute approximate surface area is 116 Å². The Bertz CT molecular complexity index is 323. The number of rotatable bonds is 2. The number of nitrogens with zero attached hydrogens (tertiary/aromatic N) is 1. The van der Waals surface area contributed by atoms with Gasteiger partial charge in [-0.05, 0) is 31.6 Å². The quantitative estimate of drug-likeness (QED) is 0.768. The van der Waals surface area contributed by atoms with E-state index >= 15 is 0 Å². The molecule has 2 saturated carbocycles. The van der Waals surface area contributed by atoms with Crippen molar-refractivity contribution in [3.63, 3.8) is 0 Å². The highest BCUT2D eigenvalue weighted by Crippen LogP contribution is 2.35. The van der Waals surface area contributed by atoms with Gasteiger partial charge in [-0.2, -0.15) is 0 Å². The zero-order valence-corrected chi connectivity index (χ0v) is 12.1. The number of morpholine rings is 1. The van der Waals surface area contributed by atoms with Gasteiger partial charge in [0.15, 0.2) is 0 Å². The zero-order chi connectivity index (χ0) is 13.2.